The Morgan fingerprint density at radius 1 is 1.24 bits per heavy atom. The minimum atomic E-state index is -0.156. The lowest BCUT2D eigenvalue weighted by Crippen LogP contribution is -2.45. The van der Waals surface area contributed by atoms with Crippen molar-refractivity contribution in [3.8, 4) is 0 Å². The normalized spacial score (nSPS) is 28.2. The van der Waals surface area contributed by atoms with Gasteiger partial charge in [-0.15, -0.1) is 0 Å². The summed E-state index contributed by atoms with van der Waals surface area (Å²) in [5.41, 5.74) is 6.44. The van der Waals surface area contributed by atoms with Crippen LogP contribution in [0, 0.1) is 5.92 Å². The number of amides is 1. The van der Waals surface area contributed by atoms with Crippen LogP contribution in [0.5, 0.6) is 0 Å². The Morgan fingerprint density at radius 2 is 1.95 bits per heavy atom. The number of halogens is 2. The number of nitrogen functional groups attached to an aromatic ring is 1. The number of rotatable bonds is 2. The third-order valence-corrected chi connectivity index (χ3v) is 5.06. The molecule has 21 heavy (non-hydrogen) atoms. The minimum Gasteiger partial charge on any atom is -0.396 e. The topological polar surface area (TPSA) is 64.4 Å². The van der Waals surface area contributed by atoms with Gasteiger partial charge in [-0.1, -0.05) is 23.2 Å². The molecule has 0 aromatic heterocycles. The number of nitrogens with one attached hydrogen (secondary N) is 1. The van der Waals surface area contributed by atoms with Crippen molar-refractivity contribution < 1.29 is 9.53 Å². The highest BCUT2D eigenvalue weighted by Gasteiger charge is 2.38. The van der Waals surface area contributed by atoms with Gasteiger partial charge in [-0.2, -0.15) is 0 Å². The monoisotopic (exact) mass is 328 g/mol. The van der Waals surface area contributed by atoms with Gasteiger partial charge >= 0.3 is 0 Å². The van der Waals surface area contributed by atoms with Crippen LogP contribution in [-0.2, 0) is 4.74 Å². The Labute approximate surface area is 133 Å². The zero-order valence-electron chi connectivity index (χ0n) is 11.6. The number of carbonyl (C=O) groups excluding carboxylic acids is 1. The van der Waals surface area contributed by atoms with Crippen LogP contribution in [0.15, 0.2) is 12.1 Å². The Kier molecular flexibility index (Phi) is 4.29. The van der Waals surface area contributed by atoms with Crippen molar-refractivity contribution in [3.63, 3.8) is 0 Å². The van der Waals surface area contributed by atoms with E-state index in [-0.39, 0.29) is 11.9 Å². The van der Waals surface area contributed by atoms with Gasteiger partial charge in [-0.05, 0) is 37.8 Å². The summed E-state index contributed by atoms with van der Waals surface area (Å²) in [6.07, 6.45) is 4.47. The van der Waals surface area contributed by atoms with Crippen molar-refractivity contribution >= 4 is 34.8 Å². The molecular weight excluding hydrogens is 311 g/mol. The molecule has 3 rings (SSSR count). The van der Waals surface area contributed by atoms with Crippen LogP contribution in [-0.4, -0.2) is 24.7 Å². The smallest absolute Gasteiger partial charge is 0.251 e. The highest BCUT2D eigenvalue weighted by atomic mass is 35.5. The minimum absolute atomic E-state index is 0.156. The SMILES string of the molecule is Nc1c(Cl)cc(C(=O)N[C@@H]2CCC[C@@H]3OCC[C@H]32)cc1Cl. The third-order valence-electron chi connectivity index (χ3n) is 4.44. The molecule has 0 bridgehead atoms. The van der Waals surface area contributed by atoms with Crippen molar-refractivity contribution in [2.75, 3.05) is 12.3 Å². The second-order valence-electron chi connectivity index (χ2n) is 5.73. The molecule has 0 radical (unpaired) electrons. The standard InChI is InChI=1S/C15H18Cl2N2O2/c16-10-6-8(7-11(17)14(10)18)15(20)19-12-2-1-3-13-9(12)4-5-21-13/h6-7,9,12-13H,1-5,18H2,(H,19,20)/t9-,12+,13-/m0/s1. The van der Waals surface area contributed by atoms with Crippen LogP contribution in [0.25, 0.3) is 0 Å². The number of anilines is 1. The molecule has 6 heteroatoms. The Balaban J connectivity index is 1.74. The first-order valence-electron chi connectivity index (χ1n) is 7.23. The van der Waals surface area contributed by atoms with Gasteiger partial charge in [0.25, 0.3) is 5.91 Å². The van der Waals surface area contributed by atoms with Crippen molar-refractivity contribution in [2.24, 2.45) is 5.92 Å². The van der Waals surface area contributed by atoms with Gasteiger partial charge in [0.15, 0.2) is 0 Å². The summed E-state index contributed by atoms with van der Waals surface area (Å²) in [5.74, 6) is 0.263. The Morgan fingerprint density at radius 3 is 2.67 bits per heavy atom. The van der Waals surface area contributed by atoms with E-state index in [2.05, 4.69) is 5.32 Å². The summed E-state index contributed by atoms with van der Waals surface area (Å²) in [6.45, 7) is 0.793. The zero-order chi connectivity index (χ0) is 15.0. The third kappa shape index (κ3) is 2.98. The number of benzene rings is 1. The lowest BCUT2D eigenvalue weighted by atomic mass is 9.81. The first kappa shape index (κ1) is 14.9. The van der Waals surface area contributed by atoms with Crippen molar-refractivity contribution in [1.82, 2.24) is 5.32 Å². The van der Waals surface area contributed by atoms with Gasteiger partial charge < -0.3 is 15.8 Å². The fourth-order valence-corrected chi connectivity index (χ4v) is 3.81. The molecule has 1 aliphatic carbocycles. The van der Waals surface area contributed by atoms with Crippen molar-refractivity contribution in [1.29, 1.82) is 0 Å². The van der Waals surface area contributed by atoms with Gasteiger partial charge in [-0.25, -0.2) is 0 Å². The summed E-state index contributed by atoms with van der Waals surface area (Å²) >= 11 is 12.0. The maximum absolute atomic E-state index is 12.4. The van der Waals surface area contributed by atoms with Gasteiger partial charge in [0.2, 0.25) is 0 Å². The van der Waals surface area contributed by atoms with E-state index in [0.29, 0.717) is 33.3 Å². The predicted molar refractivity (Wildman–Crippen MR) is 83.8 cm³/mol. The van der Waals surface area contributed by atoms with Crippen LogP contribution >= 0.6 is 23.2 Å². The zero-order valence-corrected chi connectivity index (χ0v) is 13.1. The van der Waals surface area contributed by atoms with E-state index >= 15 is 0 Å². The number of ether oxygens (including phenoxy) is 1. The van der Waals surface area contributed by atoms with E-state index < -0.39 is 0 Å². The van der Waals surface area contributed by atoms with Gasteiger partial charge in [0.05, 0.1) is 21.8 Å². The van der Waals surface area contributed by atoms with Gasteiger partial charge in [-0.3, -0.25) is 4.79 Å². The Hall–Kier alpha value is -0.970. The molecule has 1 saturated carbocycles. The van der Waals surface area contributed by atoms with Crippen LogP contribution < -0.4 is 11.1 Å². The first-order valence-corrected chi connectivity index (χ1v) is 7.99. The second-order valence-corrected chi connectivity index (χ2v) is 6.54. The predicted octanol–water partition coefficient (Wildman–Crippen LogP) is 3.26. The molecule has 3 atom stereocenters. The summed E-state index contributed by atoms with van der Waals surface area (Å²) < 4.78 is 5.72. The lowest BCUT2D eigenvalue weighted by molar-refractivity contribution is 0.0510. The summed E-state index contributed by atoms with van der Waals surface area (Å²) in [7, 11) is 0. The van der Waals surface area contributed by atoms with E-state index in [1.54, 1.807) is 12.1 Å². The number of nitrogens with two attached hydrogens (primary N) is 1. The summed E-state index contributed by atoms with van der Waals surface area (Å²) in [5, 5.41) is 3.71. The molecule has 1 aromatic rings. The average Bonchev–Trinajstić information content (AvgIpc) is 2.93. The fraction of sp³-hybridized carbons (Fsp3) is 0.533. The summed E-state index contributed by atoms with van der Waals surface area (Å²) in [6, 6.07) is 3.28. The molecule has 4 nitrogen and oxygen atoms in total. The van der Waals surface area contributed by atoms with Crippen LogP contribution in [0.1, 0.15) is 36.0 Å². The molecule has 2 aliphatic rings. The molecular formula is C15H18Cl2N2O2. The van der Waals surface area contributed by atoms with Gasteiger partial charge in [0.1, 0.15) is 0 Å². The largest absolute Gasteiger partial charge is 0.396 e. The Bertz CT molecular complexity index is 542. The van der Waals surface area contributed by atoms with E-state index in [9.17, 15) is 4.79 Å². The molecule has 2 fully saturated rings. The van der Waals surface area contributed by atoms with E-state index in [1.807, 2.05) is 0 Å². The molecule has 1 amide bonds. The highest BCUT2D eigenvalue weighted by molar-refractivity contribution is 6.39. The summed E-state index contributed by atoms with van der Waals surface area (Å²) in [4.78, 5) is 12.4. The van der Waals surface area contributed by atoms with E-state index in [4.69, 9.17) is 33.7 Å². The molecule has 1 heterocycles. The van der Waals surface area contributed by atoms with E-state index in [0.717, 1.165) is 32.3 Å². The molecule has 1 aromatic carbocycles. The van der Waals surface area contributed by atoms with Crippen molar-refractivity contribution in [2.45, 2.75) is 37.8 Å². The maximum atomic E-state index is 12.4. The lowest BCUT2D eigenvalue weighted by Gasteiger charge is -2.33. The quantitative estimate of drug-likeness (QED) is 0.819. The van der Waals surface area contributed by atoms with Crippen molar-refractivity contribution in [3.05, 3.63) is 27.7 Å². The molecule has 0 spiro atoms. The molecule has 114 valence electrons. The maximum Gasteiger partial charge on any atom is 0.251 e. The highest BCUT2D eigenvalue weighted by Crippen LogP contribution is 2.35. The molecule has 1 aliphatic heterocycles. The number of hydrogen-bond acceptors (Lipinski definition) is 3. The van der Waals surface area contributed by atoms with Crippen LogP contribution in [0.2, 0.25) is 10.0 Å². The average molecular weight is 329 g/mol. The number of fused-ring (bicyclic) bond motifs is 1. The molecule has 1 saturated heterocycles. The van der Waals surface area contributed by atoms with Crippen LogP contribution in [0.3, 0.4) is 0 Å². The fourth-order valence-electron chi connectivity index (χ4n) is 3.32. The van der Waals surface area contributed by atoms with E-state index in [1.165, 1.54) is 0 Å². The first-order chi connectivity index (χ1) is 10.1. The molecule has 0 unspecified atom stereocenters. The number of hydrogen-bond donors (Lipinski definition) is 2. The second kappa shape index (κ2) is 6.03. The van der Waals surface area contributed by atoms with Crippen LogP contribution in [0.4, 0.5) is 5.69 Å². The number of carbonyl (C=O) groups is 1. The molecule has 3 N–H and O–H groups in total. The van der Waals surface area contributed by atoms with Gasteiger partial charge in [0, 0.05) is 24.1 Å².